The Balaban J connectivity index is 2.12. The summed E-state index contributed by atoms with van der Waals surface area (Å²) in [7, 11) is 0. The van der Waals surface area contributed by atoms with Gasteiger partial charge in [-0.1, -0.05) is 19.9 Å². The molecule has 0 aliphatic heterocycles. The fourth-order valence-electron chi connectivity index (χ4n) is 2.47. The van der Waals surface area contributed by atoms with Gasteiger partial charge in [-0.3, -0.25) is 9.59 Å². The number of rotatable bonds is 10. The second-order valence-electron chi connectivity index (χ2n) is 6.67. The van der Waals surface area contributed by atoms with E-state index in [9.17, 15) is 9.59 Å². The monoisotopic (exact) mass is 463 g/mol. The van der Waals surface area contributed by atoms with Gasteiger partial charge in [0.1, 0.15) is 0 Å². The van der Waals surface area contributed by atoms with Crippen LogP contribution in [0.4, 0.5) is 11.4 Å². The average Bonchev–Trinajstić information content (AvgIpc) is 2.66. The van der Waals surface area contributed by atoms with Crippen LogP contribution < -0.4 is 25.8 Å². The molecule has 0 unspecified atom stereocenters. The van der Waals surface area contributed by atoms with Crippen LogP contribution in [-0.4, -0.2) is 25.0 Å². The molecule has 0 fully saturated rings. The smallest absolute Gasteiger partial charge is 0.255 e. The topological polar surface area (TPSA) is 103 Å². The fourth-order valence-corrected chi connectivity index (χ4v) is 3.07. The van der Waals surface area contributed by atoms with Crippen molar-refractivity contribution in [1.82, 2.24) is 0 Å². The molecule has 0 aromatic heterocycles. The maximum atomic E-state index is 11.9. The van der Waals surface area contributed by atoms with Gasteiger partial charge in [0.2, 0.25) is 5.91 Å². The first-order valence-electron chi connectivity index (χ1n) is 9.31. The van der Waals surface area contributed by atoms with E-state index >= 15 is 0 Å². The highest BCUT2D eigenvalue weighted by molar-refractivity contribution is 9.10. The normalized spacial score (nSPS) is 10.5. The van der Waals surface area contributed by atoms with Crippen LogP contribution in [0.3, 0.4) is 0 Å². The van der Waals surface area contributed by atoms with Crippen LogP contribution in [0, 0.1) is 5.92 Å². The van der Waals surface area contributed by atoms with Gasteiger partial charge in [-0.25, -0.2) is 0 Å². The highest BCUT2D eigenvalue weighted by Crippen LogP contribution is 2.37. The summed E-state index contributed by atoms with van der Waals surface area (Å²) < 4.78 is 11.8. The van der Waals surface area contributed by atoms with Crippen LogP contribution in [0.15, 0.2) is 40.9 Å². The third kappa shape index (κ3) is 6.98. The van der Waals surface area contributed by atoms with E-state index in [0.29, 0.717) is 29.1 Å². The maximum Gasteiger partial charge on any atom is 0.255 e. The molecule has 29 heavy (non-hydrogen) atoms. The summed E-state index contributed by atoms with van der Waals surface area (Å²) in [4.78, 5) is 22.9. The minimum atomic E-state index is -0.561. The van der Waals surface area contributed by atoms with E-state index in [-0.39, 0.29) is 18.4 Å². The van der Waals surface area contributed by atoms with Gasteiger partial charge in [0.05, 0.1) is 11.1 Å². The van der Waals surface area contributed by atoms with Gasteiger partial charge in [-0.2, -0.15) is 0 Å². The highest BCUT2D eigenvalue weighted by Gasteiger charge is 2.13. The summed E-state index contributed by atoms with van der Waals surface area (Å²) in [6.45, 7) is 6.31. The number of primary amides is 1. The molecule has 0 saturated carbocycles. The van der Waals surface area contributed by atoms with Crippen molar-refractivity contribution in [3.05, 3.63) is 46.4 Å². The van der Waals surface area contributed by atoms with Crippen molar-refractivity contribution in [3.8, 4) is 11.5 Å². The van der Waals surface area contributed by atoms with Crippen LogP contribution >= 0.6 is 15.9 Å². The van der Waals surface area contributed by atoms with Crippen LogP contribution in [0.5, 0.6) is 11.5 Å². The minimum absolute atomic E-state index is 0.0287. The number of nitrogens with two attached hydrogens (primary N) is 1. The summed E-state index contributed by atoms with van der Waals surface area (Å²) in [5.74, 6) is 0.287. The van der Waals surface area contributed by atoms with E-state index in [2.05, 4.69) is 26.6 Å². The summed E-state index contributed by atoms with van der Waals surface area (Å²) in [6, 6.07) is 11.3. The molecule has 7 nitrogen and oxygen atoms in total. The first-order valence-corrected chi connectivity index (χ1v) is 10.1. The Morgan fingerprint density at radius 3 is 2.52 bits per heavy atom. The Morgan fingerprint density at radius 2 is 1.86 bits per heavy atom. The fraction of sp³-hybridized carbons (Fsp3) is 0.333. The van der Waals surface area contributed by atoms with Gasteiger partial charge in [0.15, 0.2) is 18.1 Å². The lowest BCUT2D eigenvalue weighted by Gasteiger charge is -2.16. The number of amides is 2. The number of ether oxygens (including phenoxy) is 2. The molecule has 0 heterocycles. The van der Waals surface area contributed by atoms with E-state index in [0.717, 1.165) is 16.9 Å². The number of benzene rings is 2. The van der Waals surface area contributed by atoms with Crippen molar-refractivity contribution < 1.29 is 19.1 Å². The highest BCUT2D eigenvalue weighted by atomic mass is 79.9. The van der Waals surface area contributed by atoms with E-state index in [1.807, 2.05) is 57.2 Å². The zero-order valence-electron chi connectivity index (χ0n) is 16.8. The molecule has 156 valence electrons. The number of carbonyl (C=O) groups excluding carboxylic acids is 2. The Labute approximate surface area is 179 Å². The lowest BCUT2D eigenvalue weighted by molar-refractivity contribution is -0.120. The van der Waals surface area contributed by atoms with Crippen molar-refractivity contribution in [1.29, 1.82) is 0 Å². The molecule has 8 heteroatoms. The second-order valence-corrected chi connectivity index (χ2v) is 7.53. The molecule has 2 aromatic carbocycles. The number of hydrogen-bond donors (Lipinski definition) is 3. The zero-order chi connectivity index (χ0) is 21.4. The van der Waals surface area contributed by atoms with Crippen molar-refractivity contribution >= 4 is 39.1 Å². The number of halogens is 1. The van der Waals surface area contributed by atoms with Crippen molar-refractivity contribution in [2.24, 2.45) is 11.7 Å². The molecule has 2 amide bonds. The van der Waals surface area contributed by atoms with Crippen LogP contribution in [-0.2, 0) is 16.1 Å². The van der Waals surface area contributed by atoms with E-state index < -0.39 is 5.91 Å². The minimum Gasteiger partial charge on any atom is -0.490 e. The molecule has 0 atom stereocenters. The lowest BCUT2D eigenvalue weighted by atomic mass is 10.2. The largest absolute Gasteiger partial charge is 0.490 e. The van der Waals surface area contributed by atoms with Crippen molar-refractivity contribution in [3.63, 3.8) is 0 Å². The Hall–Kier alpha value is -2.74. The Morgan fingerprint density at radius 1 is 1.14 bits per heavy atom. The molecular weight excluding hydrogens is 438 g/mol. The molecule has 0 bridgehead atoms. The first-order chi connectivity index (χ1) is 13.8. The predicted molar refractivity (Wildman–Crippen MR) is 117 cm³/mol. The number of nitrogens with one attached hydrogen (secondary N) is 2. The third-order valence-electron chi connectivity index (χ3n) is 3.88. The standard InChI is InChI=1S/C21H26BrN3O4/c1-4-28-18-9-14(8-17(22)20(18)29-12-19(23)26)11-24-15-6-5-7-16(10-15)25-21(27)13(2)3/h5-10,13,24H,4,11-12H2,1-3H3,(H2,23,26)(H,25,27). The quantitative estimate of drug-likeness (QED) is 0.495. The van der Waals surface area contributed by atoms with Crippen molar-refractivity contribution in [2.75, 3.05) is 23.8 Å². The first kappa shape index (κ1) is 22.5. The number of hydrogen-bond acceptors (Lipinski definition) is 5. The van der Waals surface area contributed by atoms with E-state index in [4.69, 9.17) is 15.2 Å². The van der Waals surface area contributed by atoms with Gasteiger partial charge < -0.3 is 25.8 Å². The molecule has 0 aliphatic carbocycles. The maximum absolute atomic E-state index is 11.9. The molecular formula is C21H26BrN3O4. The van der Waals surface area contributed by atoms with Crippen LogP contribution in [0.2, 0.25) is 0 Å². The SMILES string of the molecule is CCOc1cc(CNc2cccc(NC(=O)C(C)C)c2)cc(Br)c1OCC(N)=O. The average molecular weight is 464 g/mol. The summed E-state index contributed by atoms with van der Waals surface area (Å²) >= 11 is 3.46. The summed E-state index contributed by atoms with van der Waals surface area (Å²) in [5.41, 5.74) is 7.71. The molecule has 0 aliphatic rings. The van der Waals surface area contributed by atoms with Crippen molar-refractivity contribution in [2.45, 2.75) is 27.3 Å². The van der Waals surface area contributed by atoms with E-state index in [1.54, 1.807) is 0 Å². The van der Waals surface area contributed by atoms with Crippen LogP contribution in [0.1, 0.15) is 26.3 Å². The number of carbonyl (C=O) groups is 2. The van der Waals surface area contributed by atoms with Crippen LogP contribution in [0.25, 0.3) is 0 Å². The summed E-state index contributed by atoms with van der Waals surface area (Å²) in [6.07, 6.45) is 0. The molecule has 2 rings (SSSR count). The third-order valence-corrected chi connectivity index (χ3v) is 4.47. The molecule has 0 saturated heterocycles. The number of anilines is 2. The lowest BCUT2D eigenvalue weighted by Crippen LogP contribution is -2.20. The molecule has 0 spiro atoms. The Kier molecular flexibility index (Phi) is 8.33. The molecule has 2 aromatic rings. The second kappa shape index (κ2) is 10.7. The van der Waals surface area contributed by atoms with Gasteiger partial charge in [-0.05, 0) is 58.7 Å². The molecule has 0 radical (unpaired) electrons. The zero-order valence-corrected chi connectivity index (χ0v) is 18.3. The molecule has 4 N–H and O–H groups in total. The van der Waals surface area contributed by atoms with Gasteiger partial charge in [0.25, 0.3) is 5.91 Å². The van der Waals surface area contributed by atoms with Gasteiger partial charge >= 0.3 is 0 Å². The van der Waals surface area contributed by atoms with Gasteiger partial charge in [-0.15, -0.1) is 0 Å². The summed E-state index contributed by atoms with van der Waals surface area (Å²) in [5, 5.41) is 6.21. The predicted octanol–water partition coefficient (Wildman–Crippen LogP) is 3.92. The van der Waals surface area contributed by atoms with E-state index in [1.165, 1.54) is 0 Å². The van der Waals surface area contributed by atoms with Gasteiger partial charge in [0, 0.05) is 23.8 Å². The Bertz CT molecular complexity index is 871.